The zero-order valence-corrected chi connectivity index (χ0v) is 8.56. The SMILES string of the molecule is CN(C)C(=O)C=CCCC=CC(N)=O. The maximum atomic E-state index is 11.0. The van der Waals surface area contributed by atoms with Crippen molar-refractivity contribution in [3.05, 3.63) is 24.3 Å². The number of hydrogen-bond acceptors (Lipinski definition) is 2. The van der Waals surface area contributed by atoms with Crippen LogP contribution in [0, 0.1) is 0 Å². The number of allylic oxidation sites excluding steroid dienone is 2. The molecule has 0 rings (SSSR count). The van der Waals surface area contributed by atoms with Crippen molar-refractivity contribution in [1.29, 1.82) is 0 Å². The molecule has 0 atom stereocenters. The molecule has 0 fully saturated rings. The van der Waals surface area contributed by atoms with E-state index in [9.17, 15) is 9.59 Å². The van der Waals surface area contributed by atoms with Gasteiger partial charge < -0.3 is 10.6 Å². The van der Waals surface area contributed by atoms with Crippen LogP contribution in [0.4, 0.5) is 0 Å². The lowest BCUT2D eigenvalue weighted by atomic mass is 10.2. The first-order chi connectivity index (χ1) is 6.54. The number of nitrogens with two attached hydrogens (primary N) is 1. The summed E-state index contributed by atoms with van der Waals surface area (Å²) in [7, 11) is 3.39. The number of primary amides is 1. The zero-order valence-electron chi connectivity index (χ0n) is 8.56. The molecule has 4 heteroatoms. The van der Waals surface area contributed by atoms with Gasteiger partial charge in [0.15, 0.2) is 0 Å². The molecule has 0 aromatic heterocycles. The van der Waals surface area contributed by atoms with Crippen molar-refractivity contribution in [2.24, 2.45) is 5.73 Å². The van der Waals surface area contributed by atoms with Crippen LogP contribution < -0.4 is 5.73 Å². The molecule has 0 aromatic rings. The van der Waals surface area contributed by atoms with E-state index >= 15 is 0 Å². The van der Waals surface area contributed by atoms with Gasteiger partial charge in [0.05, 0.1) is 0 Å². The van der Waals surface area contributed by atoms with Crippen LogP contribution in [0.2, 0.25) is 0 Å². The van der Waals surface area contributed by atoms with E-state index in [1.807, 2.05) is 0 Å². The van der Waals surface area contributed by atoms with Crippen molar-refractivity contribution in [1.82, 2.24) is 4.90 Å². The maximum absolute atomic E-state index is 11.0. The number of hydrogen-bond donors (Lipinski definition) is 1. The van der Waals surface area contributed by atoms with Crippen molar-refractivity contribution >= 4 is 11.8 Å². The first-order valence-corrected chi connectivity index (χ1v) is 4.38. The van der Waals surface area contributed by atoms with Gasteiger partial charge in [0.2, 0.25) is 11.8 Å². The van der Waals surface area contributed by atoms with E-state index in [1.165, 1.54) is 17.1 Å². The number of likely N-dealkylation sites (N-methyl/N-ethyl adjacent to an activating group) is 1. The highest BCUT2D eigenvalue weighted by Crippen LogP contribution is 1.93. The zero-order chi connectivity index (χ0) is 11.0. The van der Waals surface area contributed by atoms with E-state index in [0.717, 1.165) is 6.42 Å². The van der Waals surface area contributed by atoms with E-state index in [1.54, 1.807) is 26.2 Å². The molecule has 14 heavy (non-hydrogen) atoms. The molecular formula is C10H16N2O2. The molecule has 0 saturated heterocycles. The lowest BCUT2D eigenvalue weighted by Crippen LogP contribution is -2.18. The van der Waals surface area contributed by atoms with Gasteiger partial charge in [-0.2, -0.15) is 0 Å². The summed E-state index contributed by atoms with van der Waals surface area (Å²) in [6.45, 7) is 0. The summed E-state index contributed by atoms with van der Waals surface area (Å²) in [5, 5.41) is 0. The number of unbranched alkanes of at least 4 members (excludes halogenated alkanes) is 1. The van der Waals surface area contributed by atoms with E-state index in [-0.39, 0.29) is 5.91 Å². The van der Waals surface area contributed by atoms with E-state index in [2.05, 4.69) is 0 Å². The lowest BCUT2D eigenvalue weighted by molar-refractivity contribution is -0.123. The highest BCUT2D eigenvalue weighted by Gasteiger charge is 1.94. The van der Waals surface area contributed by atoms with Gasteiger partial charge in [0.1, 0.15) is 0 Å². The van der Waals surface area contributed by atoms with Crippen LogP contribution >= 0.6 is 0 Å². The maximum Gasteiger partial charge on any atom is 0.245 e. The minimum atomic E-state index is -0.446. The van der Waals surface area contributed by atoms with E-state index < -0.39 is 5.91 Å². The van der Waals surface area contributed by atoms with Gasteiger partial charge in [-0.05, 0) is 25.0 Å². The van der Waals surface area contributed by atoms with Gasteiger partial charge in [-0.15, -0.1) is 0 Å². The summed E-state index contributed by atoms with van der Waals surface area (Å²) in [5.41, 5.74) is 4.89. The van der Waals surface area contributed by atoms with Gasteiger partial charge in [-0.1, -0.05) is 12.2 Å². The molecule has 0 aliphatic carbocycles. The van der Waals surface area contributed by atoms with Crippen LogP contribution in [-0.4, -0.2) is 30.8 Å². The molecule has 0 aliphatic heterocycles. The lowest BCUT2D eigenvalue weighted by Gasteiger charge is -2.04. The van der Waals surface area contributed by atoms with Crippen LogP contribution in [0.5, 0.6) is 0 Å². The molecule has 0 radical (unpaired) electrons. The van der Waals surface area contributed by atoms with Gasteiger partial charge in [-0.25, -0.2) is 0 Å². The third-order valence-electron chi connectivity index (χ3n) is 1.48. The predicted octanol–water partition coefficient (Wildman–Crippen LogP) is 0.453. The average Bonchev–Trinajstić information content (AvgIpc) is 2.09. The molecule has 0 unspecified atom stereocenters. The van der Waals surface area contributed by atoms with Crippen LogP contribution in [-0.2, 0) is 9.59 Å². The summed E-state index contributed by atoms with van der Waals surface area (Å²) in [4.78, 5) is 22.8. The second-order valence-electron chi connectivity index (χ2n) is 3.02. The average molecular weight is 196 g/mol. The van der Waals surface area contributed by atoms with Crippen molar-refractivity contribution in [2.75, 3.05) is 14.1 Å². The molecule has 2 N–H and O–H groups in total. The Hall–Kier alpha value is -1.58. The third kappa shape index (κ3) is 7.09. The summed E-state index contributed by atoms with van der Waals surface area (Å²) in [5.74, 6) is -0.484. The van der Waals surface area contributed by atoms with E-state index in [4.69, 9.17) is 5.73 Å². The summed E-state index contributed by atoms with van der Waals surface area (Å²) in [6, 6.07) is 0. The van der Waals surface area contributed by atoms with E-state index in [0.29, 0.717) is 6.42 Å². The Bertz CT molecular complexity index is 255. The Kier molecular flexibility index (Phi) is 6.11. The van der Waals surface area contributed by atoms with Crippen molar-refractivity contribution in [3.63, 3.8) is 0 Å². The molecule has 0 aromatic carbocycles. The molecule has 78 valence electrons. The highest BCUT2D eigenvalue weighted by atomic mass is 16.2. The first kappa shape index (κ1) is 12.4. The number of rotatable bonds is 5. The van der Waals surface area contributed by atoms with Gasteiger partial charge in [0, 0.05) is 14.1 Å². The number of amides is 2. The van der Waals surface area contributed by atoms with Gasteiger partial charge >= 0.3 is 0 Å². The topological polar surface area (TPSA) is 63.4 Å². The summed E-state index contributed by atoms with van der Waals surface area (Å²) >= 11 is 0. The van der Waals surface area contributed by atoms with Crippen LogP contribution in [0.15, 0.2) is 24.3 Å². The Balaban J connectivity index is 3.64. The minimum absolute atomic E-state index is 0.0381. The van der Waals surface area contributed by atoms with Crippen molar-refractivity contribution in [3.8, 4) is 0 Å². The number of carbonyl (C=O) groups excluding carboxylic acids is 2. The van der Waals surface area contributed by atoms with Crippen LogP contribution in [0.3, 0.4) is 0 Å². The number of nitrogens with zero attached hydrogens (tertiary/aromatic N) is 1. The third-order valence-corrected chi connectivity index (χ3v) is 1.48. The smallest absolute Gasteiger partial charge is 0.245 e. The van der Waals surface area contributed by atoms with Crippen molar-refractivity contribution in [2.45, 2.75) is 12.8 Å². The molecule has 0 spiro atoms. The van der Waals surface area contributed by atoms with Crippen molar-refractivity contribution < 1.29 is 9.59 Å². The Morgan fingerprint density at radius 2 is 1.64 bits per heavy atom. The largest absolute Gasteiger partial charge is 0.366 e. The molecule has 0 heterocycles. The highest BCUT2D eigenvalue weighted by molar-refractivity contribution is 5.87. The standard InChI is InChI=1S/C10H16N2O2/c1-12(2)10(14)8-6-4-3-5-7-9(11)13/h5-8H,3-4H2,1-2H3,(H2,11,13). The summed E-state index contributed by atoms with van der Waals surface area (Å²) < 4.78 is 0. The second kappa shape index (κ2) is 6.88. The molecule has 2 amide bonds. The molecule has 0 saturated carbocycles. The van der Waals surface area contributed by atoms with Crippen LogP contribution in [0.1, 0.15) is 12.8 Å². The fraction of sp³-hybridized carbons (Fsp3) is 0.400. The monoisotopic (exact) mass is 196 g/mol. The van der Waals surface area contributed by atoms with Gasteiger partial charge in [-0.3, -0.25) is 9.59 Å². The Morgan fingerprint density at radius 3 is 2.07 bits per heavy atom. The summed E-state index contributed by atoms with van der Waals surface area (Å²) in [6.07, 6.45) is 7.73. The van der Waals surface area contributed by atoms with Gasteiger partial charge in [0.25, 0.3) is 0 Å². The molecular weight excluding hydrogens is 180 g/mol. The second-order valence-corrected chi connectivity index (χ2v) is 3.02. The quantitative estimate of drug-likeness (QED) is 0.512. The Morgan fingerprint density at radius 1 is 1.14 bits per heavy atom. The minimum Gasteiger partial charge on any atom is -0.366 e. The Labute approximate surface area is 84.1 Å². The number of carbonyl (C=O) groups is 2. The fourth-order valence-electron chi connectivity index (χ4n) is 0.725. The molecule has 4 nitrogen and oxygen atoms in total. The van der Waals surface area contributed by atoms with Crippen LogP contribution in [0.25, 0.3) is 0 Å². The first-order valence-electron chi connectivity index (χ1n) is 4.38. The molecule has 0 aliphatic rings. The predicted molar refractivity (Wildman–Crippen MR) is 55.4 cm³/mol. The molecule has 0 bridgehead atoms. The normalized spacial score (nSPS) is 11.0. The fourth-order valence-corrected chi connectivity index (χ4v) is 0.725.